The van der Waals surface area contributed by atoms with E-state index in [1.165, 1.54) is 6.92 Å². The van der Waals surface area contributed by atoms with E-state index in [2.05, 4.69) is 4.84 Å². The van der Waals surface area contributed by atoms with E-state index in [9.17, 15) is 0 Å². The second-order valence-electron chi connectivity index (χ2n) is 2.18. The molecule has 11 heavy (non-hydrogen) atoms. The standard InChI is InChI=1S/C5H14N2O4/c1-3(11-7-6)5(10)4(9)2-8/h3-5,7-10H,2,6H2,1H3/t3-,4-,5+/m1/s1. The van der Waals surface area contributed by atoms with Gasteiger partial charge in [0.15, 0.2) is 0 Å². The fourth-order valence-corrected chi connectivity index (χ4v) is 0.598. The molecule has 0 heterocycles. The third-order valence-corrected chi connectivity index (χ3v) is 1.32. The lowest BCUT2D eigenvalue weighted by molar-refractivity contribution is -0.124. The molecule has 0 aliphatic rings. The van der Waals surface area contributed by atoms with Crippen LogP contribution in [0.1, 0.15) is 6.92 Å². The molecule has 0 unspecified atom stereocenters. The Labute approximate surface area is 64.5 Å². The van der Waals surface area contributed by atoms with Gasteiger partial charge in [0.1, 0.15) is 18.3 Å². The Kier molecular flexibility index (Phi) is 5.30. The van der Waals surface area contributed by atoms with Crippen LogP contribution < -0.4 is 11.4 Å². The highest BCUT2D eigenvalue weighted by molar-refractivity contribution is 4.71. The molecule has 0 aliphatic heterocycles. The van der Waals surface area contributed by atoms with Crippen molar-refractivity contribution in [2.24, 2.45) is 5.84 Å². The summed E-state index contributed by atoms with van der Waals surface area (Å²) in [5.74, 6) is 4.78. The fraction of sp³-hybridized carbons (Fsp3) is 1.00. The third kappa shape index (κ3) is 3.61. The van der Waals surface area contributed by atoms with Crippen molar-refractivity contribution < 1.29 is 20.2 Å². The lowest BCUT2D eigenvalue weighted by Crippen LogP contribution is -2.43. The van der Waals surface area contributed by atoms with Gasteiger partial charge in [-0.15, -0.1) is 5.59 Å². The molecular weight excluding hydrogens is 152 g/mol. The monoisotopic (exact) mass is 166 g/mol. The molecule has 68 valence electrons. The molecule has 0 rings (SSSR count). The molecule has 6 N–H and O–H groups in total. The average Bonchev–Trinajstić information content (AvgIpc) is 2.02. The summed E-state index contributed by atoms with van der Waals surface area (Å²) in [4.78, 5) is 4.53. The summed E-state index contributed by atoms with van der Waals surface area (Å²) in [6.45, 7) is 0.989. The van der Waals surface area contributed by atoms with Gasteiger partial charge in [0.25, 0.3) is 0 Å². The summed E-state index contributed by atoms with van der Waals surface area (Å²) < 4.78 is 0. The number of hydrazine groups is 1. The van der Waals surface area contributed by atoms with E-state index < -0.39 is 24.9 Å². The Morgan fingerprint density at radius 3 is 2.45 bits per heavy atom. The zero-order chi connectivity index (χ0) is 8.85. The summed E-state index contributed by atoms with van der Waals surface area (Å²) in [5.41, 5.74) is 1.87. The fourth-order valence-electron chi connectivity index (χ4n) is 0.598. The number of hydrogen-bond donors (Lipinski definition) is 5. The van der Waals surface area contributed by atoms with Crippen molar-refractivity contribution >= 4 is 0 Å². The molecule has 0 bridgehead atoms. The highest BCUT2D eigenvalue weighted by Crippen LogP contribution is 2.01. The van der Waals surface area contributed by atoms with Crippen molar-refractivity contribution in [3.05, 3.63) is 0 Å². The van der Waals surface area contributed by atoms with Gasteiger partial charge in [-0.2, -0.15) is 0 Å². The molecular formula is C5H14N2O4. The molecule has 0 spiro atoms. The topological polar surface area (TPSA) is 108 Å². The van der Waals surface area contributed by atoms with Crippen LogP contribution in [0.25, 0.3) is 0 Å². The van der Waals surface area contributed by atoms with Crippen molar-refractivity contribution in [1.82, 2.24) is 5.59 Å². The van der Waals surface area contributed by atoms with E-state index in [0.29, 0.717) is 0 Å². The summed E-state index contributed by atoms with van der Waals surface area (Å²) in [6.07, 6.45) is -3.04. The number of rotatable bonds is 5. The number of hydrogen-bond acceptors (Lipinski definition) is 6. The quantitative estimate of drug-likeness (QED) is 0.228. The lowest BCUT2D eigenvalue weighted by Gasteiger charge is -2.21. The Morgan fingerprint density at radius 2 is 2.09 bits per heavy atom. The minimum Gasteiger partial charge on any atom is -0.394 e. The summed E-state index contributed by atoms with van der Waals surface area (Å²) in [5, 5.41) is 26.4. The molecule has 0 aromatic carbocycles. The summed E-state index contributed by atoms with van der Waals surface area (Å²) in [6, 6.07) is 0. The molecule has 0 saturated heterocycles. The number of aliphatic hydroxyl groups excluding tert-OH is 3. The number of aliphatic hydroxyl groups is 3. The maximum Gasteiger partial charge on any atom is 0.110 e. The highest BCUT2D eigenvalue weighted by Gasteiger charge is 2.22. The van der Waals surface area contributed by atoms with Gasteiger partial charge in [-0.25, -0.2) is 5.84 Å². The minimum atomic E-state index is -1.21. The van der Waals surface area contributed by atoms with E-state index in [-0.39, 0.29) is 0 Å². The largest absolute Gasteiger partial charge is 0.394 e. The number of nitrogens with two attached hydrogens (primary N) is 1. The van der Waals surface area contributed by atoms with Gasteiger partial charge in [0, 0.05) is 0 Å². The molecule has 3 atom stereocenters. The van der Waals surface area contributed by atoms with Gasteiger partial charge in [0.05, 0.1) is 6.61 Å². The first-order chi connectivity index (χ1) is 5.13. The van der Waals surface area contributed by atoms with Crippen LogP contribution in [0.5, 0.6) is 0 Å². The Balaban J connectivity index is 3.70. The van der Waals surface area contributed by atoms with E-state index in [0.717, 1.165) is 0 Å². The van der Waals surface area contributed by atoms with Crippen LogP contribution in [0.15, 0.2) is 0 Å². The van der Waals surface area contributed by atoms with Crippen molar-refractivity contribution in [3.8, 4) is 0 Å². The maximum absolute atomic E-state index is 9.09. The van der Waals surface area contributed by atoms with Crippen molar-refractivity contribution in [1.29, 1.82) is 0 Å². The molecule has 0 aromatic heterocycles. The zero-order valence-electron chi connectivity index (χ0n) is 6.27. The van der Waals surface area contributed by atoms with Crippen LogP contribution >= 0.6 is 0 Å². The van der Waals surface area contributed by atoms with Crippen molar-refractivity contribution in [2.45, 2.75) is 25.2 Å². The van der Waals surface area contributed by atoms with E-state index in [1.807, 2.05) is 5.59 Å². The van der Waals surface area contributed by atoms with Gasteiger partial charge >= 0.3 is 0 Å². The van der Waals surface area contributed by atoms with Crippen LogP contribution in [0.3, 0.4) is 0 Å². The lowest BCUT2D eigenvalue weighted by atomic mass is 10.1. The van der Waals surface area contributed by atoms with E-state index in [4.69, 9.17) is 21.2 Å². The molecule has 0 radical (unpaired) electrons. The average molecular weight is 166 g/mol. The van der Waals surface area contributed by atoms with Gasteiger partial charge < -0.3 is 15.3 Å². The van der Waals surface area contributed by atoms with Crippen molar-refractivity contribution in [2.75, 3.05) is 6.61 Å². The van der Waals surface area contributed by atoms with E-state index >= 15 is 0 Å². The van der Waals surface area contributed by atoms with Crippen LogP contribution in [-0.2, 0) is 4.84 Å². The Bertz CT molecular complexity index is 102. The second kappa shape index (κ2) is 5.42. The molecule has 6 nitrogen and oxygen atoms in total. The zero-order valence-corrected chi connectivity index (χ0v) is 6.27. The molecule has 0 amide bonds. The molecule has 0 aliphatic carbocycles. The first kappa shape index (κ1) is 10.8. The molecule has 0 fully saturated rings. The maximum atomic E-state index is 9.09. The second-order valence-corrected chi connectivity index (χ2v) is 2.18. The smallest absolute Gasteiger partial charge is 0.110 e. The SMILES string of the molecule is C[C@@H](ONN)[C@H](O)[C@H](O)CO. The van der Waals surface area contributed by atoms with Crippen LogP contribution in [0.2, 0.25) is 0 Å². The van der Waals surface area contributed by atoms with Crippen LogP contribution in [0, 0.1) is 0 Å². The van der Waals surface area contributed by atoms with Gasteiger partial charge in [-0.3, -0.25) is 4.84 Å². The molecule has 0 aromatic rings. The van der Waals surface area contributed by atoms with E-state index in [1.54, 1.807) is 0 Å². The normalized spacial score (nSPS) is 19.4. The first-order valence-electron chi connectivity index (χ1n) is 3.21. The Morgan fingerprint density at radius 1 is 1.55 bits per heavy atom. The van der Waals surface area contributed by atoms with Crippen LogP contribution in [0.4, 0.5) is 0 Å². The molecule has 0 saturated carbocycles. The minimum absolute atomic E-state index is 0.514. The van der Waals surface area contributed by atoms with Gasteiger partial charge in [-0.1, -0.05) is 0 Å². The highest BCUT2D eigenvalue weighted by atomic mass is 16.7. The van der Waals surface area contributed by atoms with Gasteiger partial charge in [0.2, 0.25) is 0 Å². The number of nitrogens with one attached hydrogen (secondary N) is 1. The molecule has 6 heteroatoms. The van der Waals surface area contributed by atoms with Crippen LogP contribution in [-0.4, -0.2) is 40.2 Å². The predicted molar refractivity (Wildman–Crippen MR) is 37.0 cm³/mol. The summed E-state index contributed by atoms with van der Waals surface area (Å²) >= 11 is 0. The summed E-state index contributed by atoms with van der Waals surface area (Å²) in [7, 11) is 0. The first-order valence-corrected chi connectivity index (χ1v) is 3.21. The predicted octanol–water partition coefficient (Wildman–Crippen LogP) is -2.52. The van der Waals surface area contributed by atoms with Gasteiger partial charge in [-0.05, 0) is 6.92 Å². The Hall–Kier alpha value is -0.240. The third-order valence-electron chi connectivity index (χ3n) is 1.32. The van der Waals surface area contributed by atoms with Crippen molar-refractivity contribution in [3.63, 3.8) is 0 Å².